The van der Waals surface area contributed by atoms with E-state index in [4.69, 9.17) is 0 Å². The maximum Gasteiger partial charge on any atom is 0.240 e. The number of benzene rings is 1. The van der Waals surface area contributed by atoms with Gasteiger partial charge in [0.25, 0.3) is 0 Å². The predicted molar refractivity (Wildman–Crippen MR) is 82.7 cm³/mol. The van der Waals surface area contributed by atoms with Gasteiger partial charge in [0, 0.05) is 24.7 Å². The third kappa shape index (κ3) is 3.83. The summed E-state index contributed by atoms with van der Waals surface area (Å²) in [5.74, 6) is 0.0975. The Morgan fingerprint density at radius 3 is 2.48 bits per heavy atom. The number of amides is 1. The van der Waals surface area contributed by atoms with Crippen LogP contribution in [0.4, 0.5) is 5.69 Å². The highest BCUT2D eigenvalue weighted by Crippen LogP contribution is 2.23. The quantitative estimate of drug-likeness (QED) is 0.876. The van der Waals surface area contributed by atoms with Crippen molar-refractivity contribution in [3.05, 3.63) is 24.3 Å². The zero-order valence-electron chi connectivity index (χ0n) is 12.5. The van der Waals surface area contributed by atoms with Gasteiger partial charge >= 0.3 is 0 Å². The monoisotopic (exact) mass is 310 g/mol. The van der Waals surface area contributed by atoms with Crippen molar-refractivity contribution in [2.24, 2.45) is 0 Å². The molecule has 1 heterocycles. The number of anilines is 1. The Labute approximate surface area is 126 Å². The highest BCUT2D eigenvalue weighted by Gasteiger charge is 2.22. The fourth-order valence-electron chi connectivity index (χ4n) is 2.55. The van der Waals surface area contributed by atoms with Gasteiger partial charge in [-0.3, -0.25) is 4.79 Å². The van der Waals surface area contributed by atoms with Gasteiger partial charge in [-0.15, -0.1) is 0 Å². The van der Waals surface area contributed by atoms with Crippen molar-refractivity contribution in [3.63, 3.8) is 0 Å². The first-order chi connectivity index (χ1) is 9.94. The SMILES string of the molecule is CCC[C@H](C)NS(=O)(=O)c1ccc(N2CCCC2=O)cc1. The van der Waals surface area contributed by atoms with E-state index < -0.39 is 10.0 Å². The van der Waals surface area contributed by atoms with Gasteiger partial charge in [0.15, 0.2) is 0 Å². The van der Waals surface area contributed by atoms with E-state index in [1.165, 1.54) is 0 Å². The van der Waals surface area contributed by atoms with Crippen LogP contribution in [0.5, 0.6) is 0 Å². The highest BCUT2D eigenvalue weighted by atomic mass is 32.2. The number of hydrogen-bond acceptors (Lipinski definition) is 3. The molecule has 1 aromatic rings. The second-order valence-electron chi connectivity index (χ2n) is 5.45. The number of carbonyl (C=O) groups is 1. The van der Waals surface area contributed by atoms with E-state index in [9.17, 15) is 13.2 Å². The standard InChI is InChI=1S/C15H22N2O3S/c1-3-5-12(2)16-21(19,20)14-9-7-13(8-10-14)17-11-4-6-15(17)18/h7-10,12,16H,3-6,11H2,1-2H3/t12-/m0/s1. The van der Waals surface area contributed by atoms with Crippen LogP contribution in [-0.4, -0.2) is 26.9 Å². The molecule has 1 fully saturated rings. The van der Waals surface area contributed by atoms with Crippen molar-refractivity contribution in [2.45, 2.75) is 50.5 Å². The molecule has 0 unspecified atom stereocenters. The van der Waals surface area contributed by atoms with Gasteiger partial charge < -0.3 is 4.90 Å². The van der Waals surface area contributed by atoms with Gasteiger partial charge in [-0.2, -0.15) is 0 Å². The molecule has 1 saturated heterocycles. The highest BCUT2D eigenvalue weighted by molar-refractivity contribution is 7.89. The smallest absolute Gasteiger partial charge is 0.240 e. The second-order valence-corrected chi connectivity index (χ2v) is 7.17. The van der Waals surface area contributed by atoms with Crippen molar-refractivity contribution >= 4 is 21.6 Å². The molecule has 1 aromatic carbocycles. The Balaban J connectivity index is 2.12. The van der Waals surface area contributed by atoms with Crippen molar-refractivity contribution in [2.75, 3.05) is 11.4 Å². The van der Waals surface area contributed by atoms with E-state index >= 15 is 0 Å². The number of nitrogens with zero attached hydrogens (tertiary/aromatic N) is 1. The topological polar surface area (TPSA) is 66.5 Å². The molecule has 1 aliphatic rings. The van der Waals surface area contributed by atoms with E-state index in [-0.39, 0.29) is 16.8 Å². The second kappa shape index (κ2) is 6.58. The van der Waals surface area contributed by atoms with Crippen LogP contribution >= 0.6 is 0 Å². The van der Waals surface area contributed by atoms with Crippen LogP contribution in [-0.2, 0) is 14.8 Å². The molecule has 1 atom stereocenters. The maximum absolute atomic E-state index is 12.2. The molecule has 0 saturated carbocycles. The normalized spacial score (nSPS) is 17.2. The molecule has 0 spiro atoms. The Morgan fingerprint density at radius 2 is 1.95 bits per heavy atom. The van der Waals surface area contributed by atoms with Gasteiger partial charge in [-0.25, -0.2) is 13.1 Å². The lowest BCUT2D eigenvalue weighted by Gasteiger charge is -2.17. The number of carbonyl (C=O) groups excluding carboxylic acids is 1. The lowest BCUT2D eigenvalue weighted by Crippen LogP contribution is -2.32. The lowest BCUT2D eigenvalue weighted by molar-refractivity contribution is -0.117. The van der Waals surface area contributed by atoms with Crippen LogP contribution in [0, 0.1) is 0 Å². The summed E-state index contributed by atoms with van der Waals surface area (Å²) in [5, 5.41) is 0. The van der Waals surface area contributed by atoms with Gasteiger partial charge in [-0.05, 0) is 44.0 Å². The zero-order valence-corrected chi connectivity index (χ0v) is 13.3. The summed E-state index contributed by atoms with van der Waals surface area (Å²) in [6, 6.07) is 6.42. The van der Waals surface area contributed by atoms with E-state index in [1.54, 1.807) is 29.2 Å². The van der Waals surface area contributed by atoms with E-state index in [0.717, 1.165) is 24.9 Å². The zero-order chi connectivity index (χ0) is 15.5. The lowest BCUT2D eigenvalue weighted by atomic mass is 10.2. The summed E-state index contributed by atoms with van der Waals surface area (Å²) in [6.07, 6.45) is 3.16. The van der Waals surface area contributed by atoms with Gasteiger partial charge in [0.2, 0.25) is 15.9 Å². The third-order valence-corrected chi connectivity index (χ3v) is 5.22. The first kappa shape index (κ1) is 16.0. The molecular weight excluding hydrogens is 288 g/mol. The predicted octanol–water partition coefficient (Wildman–Crippen LogP) is 2.28. The summed E-state index contributed by atoms with van der Waals surface area (Å²) < 4.78 is 27.1. The van der Waals surface area contributed by atoms with Crippen molar-refractivity contribution in [1.29, 1.82) is 0 Å². The molecular formula is C15H22N2O3S. The number of nitrogens with one attached hydrogen (secondary N) is 1. The Hall–Kier alpha value is -1.40. The van der Waals surface area contributed by atoms with E-state index in [2.05, 4.69) is 4.72 Å². The molecule has 5 nitrogen and oxygen atoms in total. The van der Waals surface area contributed by atoms with Crippen LogP contribution < -0.4 is 9.62 Å². The molecule has 6 heteroatoms. The third-order valence-electron chi connectivity index (χ3n) is 3.61. The van der Waals surface area contributed by atoms with Gasteiger partial charge in [0.1, 0.15) is 0 Å². The molecule has 116 valence electrons. The summed E-state index contributed by atoms with van der Waals surface area (Å²) in [4.78, 5) is 13.6. The molecule has 0 aliphatic carbocycles. The summed E-state index contributed by atoms with van der Waals surface area (Å²) in [5.41, 5.74) is 0.762. The van der Waals surface area contributed by atoms with Crippen LogP contribution in [0.15, 0.2) is 29.2 Å². The molecule has 0 aromatic heterocycles. The van der Waals surface area contributed by atoms with E-state index in [0.29, 0.717) is 13.0 Å². The minimum atomic E-state index is -3.49. The van der Waals surface area contributed by atoms with Crippen LogP contribution in [0.2, 0.25) is 0 Å². The molecule has 1 amide bonds. The number of sulfonamides is 1. The average molecular weight is 310 g/mol. The van der Waals surface area contributed by atoms with Crippen LogP contribution in [0.3, 0.4) is 0 Å². The Morgan fingerprint density at radius 1 is 1.29 bits per heavy atom. The van der Waals surface area contributed by atoms with Gasteiger partial charge in [-0.1, -0.05) is 13.3 Å². The molecule has 0 bridgehead atoms. The van der Waals surface area contributed by atoms with Crippen LogP contribution in [0.25, 0.3) is 0 Å². The van der Waals surface area contributed by atoms with Crippen molar-refractivity contribution in [1.82, 2.24) is 4.72 Å². The minimum Gasteiger partial charge on any atom is -0.312 e. The first-order valence-electron chi connectivity index (χ1n) is 7.37. The average Bonchev–Trinajstić information content (AvgIpc) is 2.85. The molecule has 2 rings (SSSR count). The minimum absolute atomic E-state index is 0.0835. The Kier molecular flexibility index (Phi) is 5.00. The first-order valence-corrected chi connectivity index (χ1v) is 8.85. The fraction of sp³-hybridized carbons (Fsp3) is 0.533. The Bertz CT molecular complexity index is 596. The largest absolute Gasteiger partial charge is 0.312 e. The molecule has 21 heavy (non-hydrogen) atoms. The van der Waals surface area contributed by atoms with E-state index in [1.807, 2.05) is 13.8 Å². The summed E-state index contributed by atoms with van der Waals surface area (Å²) >= 11 is 0. The van der Waals surface area contributed by atoms with Crippen molar-refractivity contribution in [3.8, 4) is 0 Å². The molecule has 1 N–H and O–H groups in total. The number of rotatable bonds is 6. The summed E-state index contributed by atoms with van der Waals surface area (Å²) in [6.45, 7) is 4.59. The maximum atomic E-state index is 12.2. The van der Waals surface area contributed by atoms with Crippen LogP contribution in [0.1, 0.15) is 39.5 Å². The van der Waals surface area contributed by atoms with Crippen molar-refractivity contribution < 1.29 is 13.2 Å². The number of hydrogen-bond donors (Lipinski definition) is 1. The van der Waals surface area contributed by atoms with Gasteiger partial charge in [0.05, 0.1) is 4.90 Å². The molecule has 1 aliphatic heterocycles. The molecule has 0 radical (unpaired) electrons. The summed E-state index contributed by atoms with van der Waals surface area (Å²) in [7, 11) is -3.49. The fourth-order valence-corrected chi connectivity index (χ4v) is 3.83.